The van der Waals surface area contributed by atoms with Crippen molar-refractivity contribution in [1.29, 1.82) is 0 Å². The first-order valence-corrected chi connectivity index (χ1v) is 13.3. The van der Waals surface area contributed by atoms with Crippen molar-refractivity contribution >= 4 is 17.7 Å². The Morgan fingerprint density at radius 3 is 2.23 bits per heavy atom. The van der Waals surface area contributed by atoms with Gasteiger partial charge in [0.2, 0.25) is 0 Å². The van der Waals surface area contributed by atoms with E-state index in [0.29, 0.717) is 35.8 Å². The molecule has 0 bridgehead atoms. The molecule has 1 aromatic heterocycles. The summed E-state index contributed by atoms with van der Waals surface area (Å²) in [6.07, 6.45) is 1.15. The van der Waals surface area contributed by atoms with Gasteiger partial charge in [-0.1, -0.05) is 12.1 Å². The standard InChI is InChI=1S/C30H36N4O5/c1-19(35)25-24-15-18-33(27(36)26(24)34(31-25)22-11-13-23(38-6)14-12-22)21-9-7-20(8-10-21)30(16-17-30)32(5)28(37)39-29(2,3)4/h7-14,19,35H,15-18H2,1-6H3. The maximum atomic E-state index is 13.9. The van der Waals surface area contributed by atoms with Crippen molar-refractivity contribution in [3.05, 3.63) is 71.0 Å². The molecule has 1 saturated carbocycles. The maximum absolute atomic E-state index is 13.9. The Balaban J connectivity index is 1.43. The van der Waals surface area contributed by atoms with Crippen molar-refractivity contribution in [3.63, 3.8) is 0 Å². The SMILES string of the molecule is COc1ccc(-n2nc(C(C)O)c3c2C(=O)N(c2ccc(C4(N(C)C(=O)OC(C)(C)C)CC4)cc2)CC3)cc1. The number of hydrogen-bond acceptors (Lipinski definition) is 6. The van der Waals surface area contributed by atoms with Crippen molar-refractivity contribution in [2.45, 2.75) is 64.2 Å². The number of benzene rings is 2. The van der Waals surface area contributed by atoms with Gasteiger partial charge in [-0.2, -0.15) is 5.10 Å². The van der Waals surface area contributed by atoms with Gasteiger partial charge in [-0.05, 0) is 88.9 Å². The quantitative estimate of drug-likeness (QED) is 0.480. The van der Waals surface area contributed by atoms with Gasteiger partial charge in [-0.15, -0.1) is 0 Å². The van der Waals surface area contributed by atoms with E-state index in [0.717, 1.165) is 29.7 Å². The third-order valence-electron chi connectivity index (χ3n) is 7.51. The van der Waals surface area contributed by atoms with E-state index in [1.165, 1.54) is 0 Å². The lowest BCUT2D eigenvalue weighted by molar-refractivity contribution is 0.0189. The molecule has 1 atom stereocenters. The molecule has 1 aliphatic carbocycles. The highest BCUT2D eigenvalue weighted by atomic mass is 16.6. The highest BCUT2D eigenvalue weighted by Gasteiger charge is 2.51. The fourth-order valence-corrected chi connectivity index (χ4v) is 5.27. The lowest BCUT2D eigenvalue weighted by atomic mass is 9.99. The molecule has 5 rings (SSSR count). The Morgan fingerprint density at radius 1 is 1.08 bits per heavy atom. The van der Waals surface area contributed by atoms with Crippen LogP contribution in [0.3, 0.4) is 0 Å². The molecule has 0 spiro atoms. The van der Waals surface area contributed by atoms with Crippen molar-refractivity contribution in [2.24, 2.45) is 0 Å². The average Bonchev–Trinajstić information content (AvgIpc) is 3.61. The molecule has 39 heavy (non-hydrogen) atoms. The molecule has 1 fully saturated rings. The lowest BCUT2D eigenvalue weighted by Gasteiger charge is -2.32. The highest BCUT2D eigenvalue weighted by molar-refractivity contribution is 6.07. The summed E-state index contributed by atoms with van der Waals surface area (Å²) in [5, 5.41) is 15.0. The van der Waals surface area contributed by atoms with Gasteiger partial charge < -0.3 is 24.4 Å². The number of aliphatic hydroxyl groups excluding tert-OH is 1. The second kappa shape index (κ2) is 9.72. The summed E-state index contributed by atoms with van der Waals surface area (Å²) in [6, 6.07) is 15.2. The molecular weight excluding hydrogens is 496 g/mol. The molecule has 1 aliphatic heterocycles. The Bertz CT molecular complexity index is 1380. The molecule has 2 aliphatic rings. The van der Waals surface area contributed by atoms with Crippen LogP contribution in [0, 0.1) is 0 Å². The van der Waals surface area contributed by atoms with Crippen LogP contribution < -0.4 is 9.64 Å². The van der Waals surface area contributed by atoms with Crippen LogP contribution in [-0.2, 0) is 16.7 Å². The first-order chi connectivity index (χ1) is 18.4. The monoisotopic (exact) mass is 532 g/mol. The Hall–Kier alpha value is -3.85. The fourth-order valence-electron chi connectivity index (χ4n) is 5.27. The van der Waals surface area contributed by atoms with Gasteiger partial charge in [-0.25, -0.2) is 9.48 Å². The molecule has 9 nitrogen and oxygen atoms in total. The number of nitrogens with zero attached hydrogens (tertiary/aromatic N) is 4. The Labute approximate surface area is 228 Å². The molecule has 0 saturated heterocycles. The molecule has 0 radical (unpaired) electrons. The van der Waals surface area contributed by atoms with Gasteiger partial charge in [-0.3, -0.25) is 4.79 Å². The van der Waals surface area contributed by atoms with Crippen LogP contribution in [0.5, 0.6) is 5.75 Å². The minimum atomic E-state index is -0.798. The maximum Gasteiger partial charge on any atom is 0.410 e. The summed E-state index contributed by atoms with van der Waals surface area (Å²) in [5.41, 5.74) is 3.29. The van der Waals surface area contributed by atoms with Crippen LogP contribution in [-0.4, -0.2) is 58.1 Å². The molecule has 2 aromatic carbocycles. The fraction of sp³-hybridized carbons (Fsp3) is 0.433. The molecule has 206 valence electrons. The molecule has 1 unspecified atom stereocenters. The summed E-state index contributed by atoms with van der Waals surface area (Å²) in [4.78, 5) is 30.1. The van der Waals surface area contributed by atoms with Crippen molar-refractivity contribution in [1.82, 2.24) is 14.7 Å². The van der Waals surface area contributed by atoms with Gasteiger partial charge in [0.05, 0.1) is 30.1 Å². The average molecular weight is 533 g/mol. The highest BCUT2D eigenvalue weighted by Crippen LogP contribution is 2.51. The molecule has 3 aromatic rings. The van der Waals surface area contributed by atoms with E-state index in [2.05, 4.69) is 5.10 Å². The number of aliphatic hydroxyl groups is 1. The van der Waals surface area contributed by atoms with Crippen LogP contribution in [0.2, 0.25) is 0 Å². The van der Waals surface area contributed by atoms with Crippen LogP contribution in [0.25, 0.3) is 5.69 Å². The number of anilines is 1. The van der Waals surface area contributed by atoms with E-state index in [1.54, 1.807) is 35.6 Å². The number of carbonyl (C=O) groups excluding carboxylic acids is 2. The van der Waals surface area contributed by atoms with E-state index in [-0.39, 0.29) is 17.5 Å². The molecular formula is C30H36N4O5. The van der Waals surface area contributed by atoms with Crippen molar-refractivity contribution in [2.75, 3.05) is 25.6 Å². The van der Waals surface area contributed by atoms with E-state index in [9.17, 15) is 14.7 Å². The summed E-state index contributed by atoms with van der Waals surface area (Å²) in [6.45, 7) is 7.72. The molecule has 9 heteroatoms. The van der Waals surface area contributed by atoms with Crippen LogP contribution in [0.4, 0.5) is 10.5 Å². The zero-order valence-corrected chi connectivity index (χ0v) is 23.4. The van der Waals surface area contributed by atoms with Gasteiger partial charge in [0.1, 0.15) is 17.0 Å². The number of carbonyl (C=O) groups is 2. The second-order valence-corrected chi connectivity index (χ2v) is 11.3. The lowest BCUT2D eigenvalue weighted by Crippen LogP contribution is -2.41. The predicted molar refractivity (Wildman–Crippen MR) is 147 cm³/mol. The number of methoxy groups -OCH3 is 1. The van der Waals surface area contributed by atoms with E-state index in [1.807, 2.05) is 69.3 Å². The van der Waals surface area contributed by atoms with Crippen LogP contribution in [0.1, 0.15) is 73.9 Å². The van der Waals surface area contributed by atoms with Gasteiger partial charge in [0.25, 0.3) is 5.91 Å². The summed E-state index contributed by atoms with van der Waals surface area (Å²) < 4.78 is 12.5. The summed E-state index contributed by atoms with van der Waals surface area (Å²) in [5.74, 6) is 0.528. The minimum Gasteiger partial charge on any atom is -0.497 e. The largest absolute Gasteiger partial charge is 0.497 e. The summed E-state index contributed by atoms with van der Waals surface area (Å²) >= 11 is 0. The number of amides is 2. The van der Waals surface area contributed by atoms with Crippen molar-refractivity contribution < 1.29 is 24.2 Å². The first-order valence-electron chi connectivity index (χ1n) is 13.3. The zero-order chi connectivity index (χ0) is 28.1. The smallest absolute Gasteiger partial charge is 0.410 e. The molecule has 2 heterocycles. The first kappa shape index (κ1) is 26.7. The summed E-state index contributed by atoms with van der Waals surface area (Å²) in [7, 11) is 3.38. The van der Waals surface area contributed by atoms with Crippen LogP contribution in [0.15, 0.2) is 48.5 Å². The third-order valence-corrected chi connectivity index (χ3v) is 7.51. The predicted octanol–water partition coefficient (Wildman–Crippen LogP) is 4.99. The Kier molecular flexibility index (Phi) is 6.66. The number of fused-ring (bicyclic) bond motifs is 1. The van der Waals surface area contributed by atoms with E-state index >= 15 is 0 Å². The van der Waals surface area contributed by atoms with Gasteiger partial charge >= 0.3 is 6.09 Å². The number of rotatable bonds is 6. The van der Waals surface area contributed by atoms with E-state index in [4.69, 9.17) is 9.47 Å². The number of hydrogen-bond donors (Lipinski definition) is 1. The Morgan fingerprint density at radius 2 is 1.69 bits per heavy atom. The topological polar surface area (TPSA) is 97.1 Å². The third kappa shape index (κ3) is 4.87. The normalized spacial score (nSPS) is 16.9. The number of aromatic nitrogens is 2. The van der Waals surface area contributed by atoms with Crippen LogP contribution >= 0.6 is 0 Å². The second-order valence-electron chi connectivity index (χ2n) is 11.3. The van der Waals surface area contributed by atoms with Crippen molar-refractivity contribution in [3.8, 4) is 11.4 Å². The van der Waals surface area contributed by atoms with Gasteiger partial charge in [0, 0.05) is 24.8 Å². The molecule has 1 N–H and O–H groups in total. The van der Waals surface area contributed by atoms with E-state index < -0.39 is 11.7 Å². The van der Waals surface area contributed by atoms with Gasteiger partial charge in [0.15, 0.2) is 0 Å². The minimum absolute atomic E-state index is 0.175. The molecule has 2 amide bonds. The number of ether oxygens (including phenoxy) is 2. The zero-order valence-electron chi connectivity index (χ0n) is 23.4.